The van der Waals surface area contributed by atoms with Gasteiger partial charge in [0.1, 0.15) is 0 Å². The second kappa shape index (κ2) is 4.29. The van der Waals surface area contributed by atoms with Crippen LogP contribution in [0.1, 0.15) is 31.8 Å². The van der Waals surface area contributed by atoms with Crippen LogP contribution in [0.15, 0.2) is 42.5 Å². The van der Waals surface area contributed by atoms with Gasteiger partial charge >= 0.3 is 115 Å². The molecule has 3 rings (SSSR count). The van der Waals surface area contributed by atoms with Crippen molar-refractivity contribution in [1.82, 2.24) is 0 Å². The molecule has 2 N–H and O–H groups in total. The zero-order chi connectivity index (χ0) is 12.7. The molecule has 2 aromatic carbocycles. The molecule has 90 valence electrons. The molecule has 0 atom stereocenters. The van der Waals surface area contributed by atoms with E-state index in [4.69, 9.17) is 3.95 Å². The second-order valence-electron chi connectivity index (χ2n) is 4.00. The van der Waals surface area contributed by atoms with Gasteiger partial charge in [-0.05, 0) is 0 Å². The molecule has 18 heavy (non-hydrogen) atoms. The van der Waals surface area contributed by atoms with Crippen LogP contribution in [0.2, 0.25) is 0 Å². The van der Waals surface area contributed by atoms with Crippen LogP contribution in [-0.2, 0) is 0 Å². The molecule has 0 fully saturated rings. The first kappa shape index (κ1) is 11.6. The van der Waals surface area contributed by atoms with E-state index >= 15 is 0 Å². The molecule has 0 unspecified atom stereocenters. The standard InChI is InChI=1S/C14H9INO2/c16-15-8-5-6-11-12(7-8)14(18)10-4-2-1-3-9(10)13(11)17/h1-7H,16H2/q-1. The number of carbonyl (C=O) groups is 2. The Labute approximate surface area is 115 Å². The molecule has 0 amide bonds. The fourth-order valence-corrected chi connectivity index (χ4v) is 3.02. The van der Waals surface area contributed by atoms with E-state index in [1.807, 2.05) is 6.07 Å². The molecule has 0 heterocycles. The zero-order valence-electron chi connectivity index (χ0n) is 9.31. The van der Waals surface area contributed by atoms with E-state index < -0.39 is 21.5 Å². The van der Waals surface area contributed by atoms with Gasteiger partial charge in [0, 0.05) is 0 Å². The van der Waals surface area contributed by atoms with Gasteiger partial charge < -0.3 is 0 Å². The maximum atomic E-state index is 12.3. The molecule has 0 aromatic heterocycles. The molecular formula is C14H9INO2-. The summed E-state index contributed by atoms with van der Waals surface area (Å²) < 4.78 is 6.64. The topological polar surface area (TPSA) is 60.2 Å². The Morgan fingerprint density at radius 3 is 1.94 bits per heavy atom. The van der Waals surface area contributed by atoms with Crippen LogP contribution in [-0.4, -0.2) is 11.6 Å². The molecule has 4 heteroatoms. The predicted molar refractivity (Wildman–Crippen MR) is 62.6 cm³/mol. The summed E-state index contributed by atoms with van der Waals surface area (Å²) in [6.45, 7) is 0. The Bertz CT molecular complexity index is 679. The third kappa shape index (κ3) is 1.60. The summed E-state index contributed by atoms with van der Waals surface area (Å²) in [6, 6.07) is 12.3. The molecule has 1 aliphatic carbocycles. The monoisotopic (exact) mass is 350 g/mol. The van der Waals surface area contributed by atoms with Crippen molar-refractivity contribution in [2.45, 2.75) is 0 Å². The van der Waals surface area contributed by atoms with E-state index in [9.17, 15) is 9.59 Å². The fourth-order valence-electron chi connectivity index (χ4n) is 2.14. The average molecular weight is 350 g/mol. The van der Waals surface area contributed by atoms with Crippen LogP contribution < -0.4 is 25.4 Å². The van der Waals surface area contributed by atoms with Gasteiger partial charge in [0.05, 0.1) is 0 Å². The van der Waals surface area contributed by atoms with Gasteiger partial charge in [-0.3, -0.25) is 0 Å². The van der Waals surface area contributed by atoms with Crippen LogP contribution in [0.5, 0.6) is 0 Å². The number of hydrogen-bond acceptors (Lipinski definition) is 3. The fraction of sp³-hybridized carbons (Fsp3) is 0. The van der Waals surface area contributed by atoms with Crippen molar-refractivity contribution < 1.29 is 31.1 Å². The van der Waals surface area contributed by atoms with E-state index in [0.717, 1.165) is 3.57 Å². The Balaban J connectivity index is 2.27. The summed E-state index contributed by atoms with van der Waals surface area (Å²) in [5.74, 6) is -0.165. The average Bonchev–Trinajstić information content (AvgIpc) is 2.44. The zero-order valence-corrected chi connectivity index (χ0v) is 11.5. The minimum atomic E-state index is -0.573. The van der Waals surface area contributed by atoms with Gasteiger partial charge in [0.15, 0.2) is 0 Å². The molecule has 0 aliphatic heterocycles. The van der Waals surface area contributed by atoms with Gasteiger partial charge in [-0.1, -0.05) is 0 Å². The molecule has 1 aliphatic rings. The van der Waals surface area contributed by atoms with Crippen molar-refractivity contribution in [3.05, 3.63) is 68.3 Å². The molecule has 3 nitrogen and oxygen atoms in total. The first-order valence-electron chi connectivity index (χ1n) is 5.38. The van der Waals surface area contributed by atoms with Crippen molar-refractivity contribution in [1.29, 1.82) is 0 Å². The normalized spacial score (nSPS) is 13.4. The van der Waals surface area contributed by atoms with Crippen LogP contribution in [0.25, 0.3) is 0 Å². The Hall–Kier alpha value is -1.53. The number of ketones is 2. The molecular weight excluding hydrogens is 341 g/mol. The van der Waals surface area contributed by atoms with E-state index in [2.05, 4.69) is 0 Å². The summed E-state index contributed by atoms with van der Waals surface area (Å²) in [4.78, 5) is 24.6. The number of halogens is 1. The molecule has 0 saturated heterocycles. The summed E-state index contributed by atoms with van der Waals surface area (Å²) in [7, 11) is 0. The molecule has 0 saturated carbocycles. The minimum absolute atomic E-state index is 0.0815. The van der Waals surface area contributed by atoms with Gasteiger partial charge in [-0.15, -0.1) is 0 Å². The maximum absolute atomic E-state index is 12.3. The van der Waals surface area contributed by atoms with E-state index in [1.165, 1.54) is 0 Å². The third-order valence-corrected chi connectivity index (χ3v) is 4.40. The van der Waals surface area contributed by atoms with E-state index in [0.29, 0.717) is 22.3 Å². The first-order chi connectivity index (χ1) is 8.72. The van der Waals surface area contributed by atoms with Gasteiger partial charge in [-0.2, -0.15) is 0 Å². The van der Waals surface area contributed by atoms with Crippen molar-refractivity contribution in [3.63, 3.8) is 0 Å². The Morgan fingerprint density at radius 2 is 1.33 bits per heavy atom. The first-order valence-corrected chi connectivity index (χ1v) is 7.71. The number of rotatable bonds is 1. The second-order valence-corrected chi connectivity index (χ2v) is 5.87. The summed E-state index contributed by atoms with van der Waals surface area (Å²) >= 11 is -0.573. The van der Waals surface area contributed by atoms with Gasteiger partial charge in [0.2, 0.25) is 0 Å². The molecule has 0 radical (unpaired) electrons. The van der Waals surface area contributed by atoms with Crippen molar-refractivity contribution in [2.24, 2.45) is 3.95 Å². The van der Waals surface area contributed by atoms with Gasteiger partial charge in [-0.25, -0.2) is 0 Å². The summed E-state index contributed by atoms with van der Waals surface area (Å²) in [5, 5.41) is 0. The number of benzene rings is 2. The third-order valence-electron chi connectivity index (χ3n) is 3.01. The molecule has 0 bridgehead atoms. The number of carbonyl (C=O) groups excluding carboxylic acids is 2. The quantitative estimate of drug-likeness (QED) is 0.434. The number of nitrogens with two attached hydrogens (primary N) is 1. The van der Waals surface area contributed by atoms with Crippen LogP contribution >= 0.6 is 0 Å². The number of fused-ring (bicyclic) bond motifs is 2. The molecule has 0 spiro atoms. The Kier molecular flexibility index (Phi) is 2.76. The van der Waals surface area contributed by atoms with E-state index in [-0.39, 0.29) is 11.6 Å². The Morgan fingerprint density at radius 1 is 0.778 bits per heavy atom. The summed E-state index contributed by atoms with van der Waals surface area (Å²) in [5.41, 5.74) is 1.95. The number of hydrogen-bond donors (Lipinski definition) is 1. The SMILES string of the molecule is N[I-]c1ccc2c(c1)C(=O)c1ccccc1C2=O. The van der Waals surface area contributed by atoms with Crippen molar-refractivity contribution in [3.8, 4) is 0 Å². The van der Waals surface area contributed by atoms with Crippen LogP contribution in [0.4, 0.5) is 0 Å². The predicted octanol–water partition coefficient (Wildman–Crippen LogP) is -1.41. The van der Waals surface area contributed by atoms with Crippen LogP contribution in [0.3, 0.4) is 0 Å². The van der Waals surface area contributed by atoms with Crippen molar-refractivity contribution >= 4 is 11.6 Å². The van der Waals surface area contributed by atoms with E-state index in [1.54, 1.807) is 36.4 Å². The van der Waals surface area contributed by atoms with Crippen molar-refractivity contribution in [2.75, 3.05) is 0 Å². The van der Waals surface area contributed by atoms with Crippen LogP contribution in [0, 0.1) is 3.57 Å². The van der Waals surface area contributed by atoms with Gasteiger partial charge in [0.25, 0.3) is 0 Å². The molecule has 2 aromatic rings. The summed E-state index contributed by atoms with van der Waals surface area (Å²) in [6.07, 6.45) is 0.